The van der Waals surface area contributed by atoms with Gasteiger partial charge in [-0.25, -0.2) is 4.79 Å². The molecule has 1 aliphatic heterocycles. The minimum absolute atomic E-state index is 0.0204. The molecule has 0 spiro atoms. The third kappa shape index (κ3) is 4.54. The van der Waals surface area contributed by atoms with Crippen LogP contribution in [-0.2, 0) is 6.42 Å². The number of rotatable bonds is 6. The first-order valence-electron chi connectivity index (χ1n) is 11.8. The number of amides is 1. The predicted octanol–water partition coefficient (Wildman–Crippen LogP) is 5.73. The van der Waals surface area contributed by atoms with Gasteiger partial charge in [-0.05, 0) is 75.7 Å². The summed E-state index contributed by atoms with van der Waals surface area (Å²) in [6.45, 7) is 9.64. The van der Waals surface area contributed by atoms with Gasteiger partial charge in [0.25, 0.3) is 0 Å². The van der Waals surface area contributed by atoms with Gasteiger partial charge in [-0.2, -0.15) is 0 Å². The maximum absolute atomic E-state index is 13.2. The molecule has 0 radical (unpaired) electrons. The van der Waals surface area contributed by atoms with Crippen molar-refractivity contribution in [2.75, 3.05) is 19.6 Å². The van der Waals surface area contributed by atoms with Gasteiger partial charge in [0.15, 0.2) is 0 Å². The van der Waals surface area contributed by atoms with Crippen molar-refractivity contribution in [1.29, 1.82) is 0 Å². The molecule has 0 aliphatic carbocycles. The summed E-state index contributed by atoms with van der Waals surface area (Å²) in [5, 5.41) is 4.38. The van der Waals surface area contributed by atoms with Gasteiger partial charge in [0.05, 0.1) is 5.52 Å². The van der Waals surface area contributed by atoms with E-state index in [9.17, 15) is 4.79 Å². The van der Waals surface area contributed by atoms with Gasteiger partial charge >= 0.3 is 6.03 Å². The molecule has 0 bridgehead atoms. The van der Waals surface area contributed by atoms with Crippen molar-refractivity contribution in [2.24, 2.45) is 0 Å². The number of para-hydroxylation sites is 1. The number of nitrogens with one attached hydrogen (secondary N) is 1. The minimum Gasteiger partial charge on any atom is -0.337 e. The Kier molecular flexibility index (Phi) is 6.77. The summed E-state index contributed by atoms with van der Waals surface area (Å²) in [6.07, 6.45) is 4.36. The van der Waals surface area contributed by atoms with E-state index in [4.69, 9.17) is 0 Å². The maximum Gasteiger partial charge on any atom is 0.326 e. The van der Waals surface area contributed by atoms with E-state index in [1.807, 2.05) is 28.8 Å². The van der Waals surface area contributed by atoms with Crippen LogP contribution in [0, 0.1) is 6.92 Å². The number of hydrogen-bond acceptors (Lipinski definition) is 2. The Bertz CT molecular complexity index is 1020. The van der Waals surface area contributed by atoms with Crippen molar-refractivity contribution in [3.63, 3.8) is 0 Å². The number of nitrogens with zero attached hydrogens (tertiary/aromatic N) is 2. The zero-order valence-corrected chi connectivity index (χ0v) is 19.1. The molecule has 2 heterocycles. The molecule has 164 valence electrons. The lowest BCUT2D eigenvalue weighted by Gasteiger charge is -2.36. The van der Waals surface area contributed by atoms with Crippen molar-refractivity contribution in [2.45, 2.75) is 58.4 Å². The summed E-state index contributed by atoms with van der Waals surface area (Å²) < 4.78 is 1.90. The summed E-state index contributed by atoms with van der Waals surface area (Å²) in [6, 6.07) is 19.3. The van der Waals surface area contributed by atoms with Crippen LogP contribution in [0.1, 0.15) is 55.8 Å². The minimum atomic E-state index is -0.0204. The lowest BCUT2D eigenvalue weighted by Crippen LogP contribution is -2.39. The Labute approximate surface area is 186 Å². The molecule has 1 saturated heterocycles. The smallest absolute Gasteiger partial charge is 0.326 e. The number of carbonyl (C=O) groups is 1. The Balaban J connectivity index is 1.53. The van der Waals surface area contributed by atoms with E-state index in [0.29, 0.717) is 18.5 Å². The van der Waals surface area contributed by atoms with Crippen molar-refractivity contribution >= 4 is 16.9 Å². The van der Waals surface area contributed by atoms with Crippen LogP contribution in [0.2, 0.25) is 0 Å². The number of fused-ring (bicyclic) bond motifs is 1. The Morgan fingerprint density at radius 2 is 1.74 bits per heavy atom. The predicted molar refractivity (Wildman–Crippen MR) is 129 cm³/mol. The number of hydrogen-bond donors (Lipinski definition) is 1. The molecule has 2 aromatic carbocycles. The summed E-state index contributed by atoms with van der Waals surface area (Å²) in [4.78, 5) is 15.8. The SMILES string of the molecule is CCC(C)N1CCC(c2c(C)n(C(=O)NCCc3ccccc3)c3ccccc23)CC1. The van der Waals surface area contributed by atoms with Gasteiger partial charge < -0.3 is 10.2 Å². The molecular weight excluding hydrogens is 382 g/mol. The maximum atomic E-state index is 13.2. The molecule has 31 heavy (non-hydrogen) atoms. The molecule has 1 unspecified atom stereocenters. The highest BCUT2D eigenvalue weighted by Gasteiger charge is 2.28. The molecule has 1 amide bonds. The fraction of sp³-hybridized carbons (Fsp3) is 0.444. The highest BCUT2D eigenvalue weighted by molar-refractivity contribution is 5.95. The highest BCUT2D eigenvalue weighted by atomic mass is 16.2. The topological polar surface area (TPSA) is 37.3 Å². The van der Waals surface area contributed by atoms with E-state index in [2.05, 4.69) is 61.3 Å². The van der Waals surface area contributed by atoms with Crippen molar-refractivity contribution in [3.05, 3.63) is 71.4 Å². The van der Waals surface area contributed by atoms with Crippen LogP contribution in [0.4, 0.5) is 4.79 Å². The van der Waals surface area contributed by atoms with Gasteiger partial charge in [-0.3, -0.25) is 4.57 Å². The first-order valence-corrected chi connectivity index (χ1v) is 11.8. The quantitative estimate of drug-likeness (QED) is 0.556. The molecule has 1 fully saturated rings. The zero-order chi connectivity index (χ0) is 21.8. The fourth-order valence-electron chi connectivity index (χ4n) is 5.09. The van der Waals surface area contributed by atoms with E-state index in [-0.39, 0.29) is 6.03 Å². The standard InChI is InChI=1S/C27H35N3O/c1-4-20(2)29-18-15-23(16-19-29)26-21(3)30(25-13-9-8-12-24(25)26)27(31)28-17-14-22-10-6-5-7-11-22/h5-13,20,23H,4,14-19H2,1-3H3,(H,28,31). The van der Waals surface area contributed by atoms with Crippen LogP contribution < -0.4 is 5.32 Å². The van der Waals surface area contributed by atoms with Crippen molar-refractivity contribution in [3.8, 4) is 0 Å². The Morgan fingerprint density at radius 1 is 1.06 bits per heavy atom. The summed E-state index contributed by atoms with van der Waals surface area (Å²) in [7, 11) is 0. The van der Waals surface area contributed by atoms with Crippen LogP contribution in [0.5, 0.6) is 0 Å². The lowest BCUT2D eigenvalue weighted by atomic mass is 9.87. The Hall–Kier alpha value is -2.59. The van der Waals surface area contributed by atoms with Crippen LogP contribution in [0.25, 0.3) is 10.9 Å². The van der Waals surface area contributed by atoms with Gasteiger partial charge in [0.1, 0.15) is 0 Å². The summed E-state index contributed by atoms with van der Waals surface area (Å²) >= 11 is 0. The molecule has 4 rings (SSSR count). The molecule has 4 heteroatoms. The van der Waals surface area contributed by atoms with E-state index in [1.54, 1.807) is 0 Å². The average Bonchev–Trinajstić information content (AvgIpc) is 3.11. The van der Waals surface area contributed by atoms with Gasteiger partial charge in [-0.15, -0.1) is 0 Å². The van der Waals surface area contributed by atoms with E-state index in [0.717, 1.165) is 43.6 Å². The monoisotopic (exact) mass is 417 g/mol. The second-order valence-corrected chi connectivity index (χ2v) is 8.89. The van der Waals surface area contributed by atoms with Gasteiger partial charge in [-0.1, -0.05) is 55.5 Å². The van der Waals surface area contributed by atoms with E-state index >= 15 is 0 Å². The largest absolute Gasteiger partial charge is 0.337 e. The molecule has 1 aromatic heterocycles. The second-order valence-electron chi connectivity index (χ2n) is 8.89. The number of piperidine rings is 1. The average molecular weight is 418 g/mol. The van der Waals surface area contributed by atoms with E-state index in [1.165, 1.54) is 22.9 Å². The number of benzene rings is 2. The first kappa shape index (κ1) is 21.6. The number of likely N-dealkylation sites (tertiary alicyclic amines) is 1. The molecule has 1 atom stereocenters. The van der Waals surface area contributed by atoms with Crippen LogP contribution >= 0.6 is 0 Å². The molecule has 1 N–H and O–H groups in total. The second kappa shape index (κ2) is 9.69. The molecular formula is C27H35N3O. The molecule has 4 nitrogen and oxygen atoms in total. The zero-order valence-electron chi connectivity index (χ0n) is 19.1. The Morgan fingerprint density at radius 3 is 2.45 bits per heavy atom. The summed E-state index contributed by atoms with van der Waals surface area (Å²) in [5.74, 6) is 0.517. The molecule has 3 aromatic rings. The van der Waals surface area contributed by atoms with Crippen molar-refractivity contribution < 1.29 is 4.79 Å². The fourth-order valence-corrected chi connectivity index (χ4v) is 5.09. The third-order valence-corrected chi connectivity index (χ3v) is 7.05. The lowest BCUT2D eigenvalue weighted by molar-refractivity contribution is 0.158. The van der Waals surface area contributed by atoms with E-state index < -0.39 is 0 Å². The van der Waals surface area contributed by atoms with Crippen molar-refractivity contribution in [1.82, 2.24) is 14.8 Å². The van der Waals surface area contributed by atoms with Gasteiger partial charge in [0.2, 0.25) is 0 Å². The third-order valence-electron chi connectivity index (χ3n) is 7.05. The molecule has 0 saturated carbocycles. The normalized spacial score (nSPS) is 16.5. The van der Waals surface area contributed by atoms with Crippen LogP contribution in [0.3, 0.4) is 0 Å². The van der Waals surface area contributed by atoms with Gasteiger partial charge in [0, 0.05) is 23.7 Å². The molecule has 1 aliphatic rings. The first-order chi connectivity index (χ1) is 15.1. The number of aromatic nitrogens is 1. The summed E-state index contributed by atoms with van der Waals surface area (Å²) in [5.41, 5.74) is 4.74. The van der Waals surface area contributed by atoms with Crippen LogP contribution in [-0.4, -0.2) is 41.2 Å². The number of carbonyl (C=O) groups excluding carboxylic acids is 1. The highest BCUT2D eigenvalue weighted by Crippen LogP contribution is 2.37. The van der Waals surface area contributed by atoms with Crippen LogP contribution in [0.15, 0.2) is 54.6 Å².